The van der Waals surface area contributed by atoms with Gasteiger partial charge in [0.1, 0.15) is 11.4 Å². The lowest BCUT2D eigenvalue weighted by atomic mass is 9.89. The third-order valence-electron chi connectivity index (χ3n) is 3.28. The van der Waals surface area contributed by atoms with Crippen LogP contribution in [-0.2, 0) is 9.53 Å². The summed E-state index contributed by atoms with van der Waals surface area (Å²) in [5.41, 5.74) is 4.59. The minimum atomic E-state index is -1.08. The van der Waals surface area contributed by atoms with Gasteiger partial charge in [0.05, 0.1) is 0 Å². The number of hydrogen-bond donors (Lipinski definition) is 2. The number of carbonyl (C=O) groups excluding carboxylic acids is 2. The maximum absolute atomic E-state index is 12.8. The van der Waals surface area contributed by atoms with Gasteiger partial charge in [0, 0.05) is 31.6 Å². The van der Waals surface area contributed by atoms with Crippen LogP contribution in [0.15, 0.2) is 24.3 Å². The average Bonchev–Trinajstić information content (AvgIpc) is 2.40. The lowest BCUT2D eigenvalue weighted by molar-refractivity contribution is -0.127. The Kier molecular flexibility index (Phi) is 3.80. The molecule has 2 rings (SSSR count). The molecule has 3 N–H and O–H groups in total. The first-order valence-electron chi connectivity index (χ1n) is 5.99. The van der Waals surface area contributed by atoms with Gasteiger partial charge in [-0.2, -0.15) is 0 Å². The SMILES string of the molecule is NC(=O)C1(NC(=O)c2ccc(F)cc2)CCOCC1. The molecule has 1 aliphatic rings. The van der Waals surface area contributed by atoms with Gasteiger partial charge >= 0.3 is 0 Å². The van der Waals surface area contributed by atoms with Crippen LogP contribution in [0, 0.1) is 5.82 Å². The number of amides is 2. The Hall–Kier alpha value is -1.95. The normalized spacial score (nSPS) is 17.7. The minimum Gasteiger partial charge on any atom is -0.381 e. The average molecular weight is 266 g/mol. The number of hydrogen-bond acceptors (Lipinski definition) is 3. The van der Waals surface area contributed by atoms with Gasteiger partial charge in [-0.05, 0) is 24.3 Å². The molecule has 1 aliphatic heterocycles. The van der Waals surface area contributed by atoms with E-state index >= 15 is 0 Å². The number of rotatable bonds is 3. The molecule has 0 aliphatic carbocycles. The Balaban J connectivity index is 2.15. The van der Waals surface area contributed by atoms with Gasteiger partial charge < -0.3 is 15.8 Å². The molecule has 102 valence electrons. The van der Waals surface area contributed by atoms with E-state index in [1.54, 1.807) is 0 Å². The lowest BCUT2D eigenvalue weighted by Gasteiger charge is -2.34. The van der Waals surface area contributed by atoms with Gasteiger partial charge in [-0.15, -0.1) is 0 Å². The first kappa shape index (κ1) is 13.5. The van der Waals surface area contributed by atoms with Crippen LogP contribution in [0.2, 0.25) is 0 Å². The molecule has 1 fully saturated rings. The Morgan fingerprint density at radius 1 is 1.21 bits per heavy atom. The number of nitrogens with one attached hydrogen (secondary N) is 1. The van der Waals surface area contributed by atoms with Crippen LogP contribution in [0.5, 0.6) is 0 Å². The summed E-state index contributed by atoms with van der Waals surface area (Å²) in [5.74, 6) is -1.45. The molecule has 5 nitrogen and oxygen atoms in total. The quantitative estimate of drug-likeness (QED) is 0.840. The summed E-state index contributed by atoms with van der Waals surface area (Å²) >= 11 is 0. The van der Waals surface area contributed by atoms with Crippen molar-refractivity contribution in [1.29, 1.82) is 0 Å². The molecular formula is C13H15FN2O3. The smallest absolute Gasteiger partial charge is 0.252 e. The molecule has 0 aromatic heterocycles. The molecule has 0 radical (unpaired) electrons. The maximum Gasteiger partial charge on any atom is 0.252 e. The van der Waals surface area contributed by atoms with Crippen LogP contribution >= 0.6 is 0 Å². The second kappa shape index (κ2) is 5.36. The van der Waals surface area contributed by atoms with Crippen molar-refractivity contribution in [3.8, 4) is 0 Å². The highest BCUT2D eigenvalue weighted by molar-refractivity contribution is 5.98. The molecule has 0 spiro atoms. The molecule has 6 heteroatoms. The van der Waals surface area contributed by atoms with E-state index in [9.17, 15) is 14.0 Å². The molecule has 2 amide bonds. The maximum atomic E-state index is 12.8. The summed E-state index contributed by atoms with van der Waals surface area (Å²) in [4.78, 5) is 23.6. The third kappa shape index (κ3) is 2.90. The summed E-state index contributed by atoms with van der Waals surface area (Å²) in [6.07, 6.45) is 0.685. The number of benzene rings is 1. The van der Waals surface area contributed by atoms with E-state index in [0.29, 0.717) is 26.1 Å². The number of ether oxygens (including phenoxy) is 1. The highest BCUT2D eigenvalue weighted by Crippen LogP contribution is 2.21. The molecule has 1 aromatic carbocycles. The highest BCUT2D eigenvalue weighted by atomic mass is 19.1. The minimum absolute atomic E-state index is 0.286. The van der Waals surface area contributed by atoms with E-state index in [0.717, 1.165) is 0 Å². The zero-order chi connectivity index (χ0) is 13.9. The zero-order valence-corrected chi connectivity index (χ0v) is 10.3. The van der Waals surface area contributed by atoms with Gasteiger partial charge in [-0.1, -0.05) is 0 Å². The second-order valence-electron chi connectivity index (χ2n) is 4.52. The molecule has 0 saturated carbocycles. The van der Waals surface area contributed by atoms with Gasteiger partial charge in [0.2, 0.25) is 5.91 Å². The van der Waals surface area contributed by atoms with Gasteiger partial charge in [-0.25, -0.2) is 4.39 Å². The fraction of sp³-hybridized carbons (Fsp3) is 0.385. The highest BCUT2D eigenvalue weighted by Gasteiger charge is 2.39. The van der Waals surface area contributed by atoms with Crippen LogP contribution in [0.3, 0.4) is 0 Å². The lowest BCUT2D eigenvalue weighted by Crippen LogP contribution is -2.60. The van der Waals surface area contributed by atoms with E-state index in [-0.39, 0.29) is 5.56 Å². The van der Waals surface area contributed by atoms with E-state index in [4.69, 9.17) is 10.5 Å². The van der Waals surface area contributed by atoms with E-state index in [2.05, 4.69) is 5.32 Å². The predicted molar refractivity (Wildman–Crippen MR) is 65.8 cm³/mol. The van der Waals surface area contributed by atoms with E-state index < -0.39 is 23.2 Å². The van der Waals surface area contributed by atoms with Crippen molar-refractivity contribution in [2.24, 2.45) is 5.73 Å². The predicted octanol–water partition coefficient (Wildman–Crippen LogP) is 0.590. The third-order valence-corrected chi connectivity index (χ3v) is 3.28. The Bertz CT molecular complexity index is 481. The summed E-state index contributed by atoms with van der Waals surface area (Å²) in [7, 11) is 0. The Morgan fingerprint density at radius 2 is 1.79 bits per heavy atom. The van der Waals surface area contributed by atoms with Crippen LogP contribution < -0.4 is 11.1 Å². The van der Waals surface area contributed by atoms with Crippen molar-refractivity contribution < 1.29 is 18.7 Å². The molecule has 1 saturated heterocycles. The van der Waals surface area contributed by atoms with Crippen molar-refractivity contribution in [3.63, 3.8) is 0 Å². The van der Waals surface area contributed by atoms with Crippen molar-refractivity contribution >= 4 is 11.8 Å². The largest absolute Gasteiger partial charge is 0.381 e. The molecule has 0 unspecified atom stereocenters. The first-order valence-corrected chi connectivity index (χ1v) is 5.99. The van der Waals surface area contributed by atoms with Crippen molar-refractivity contribution in [3.05, 3.63) is 35.6 Å². The zero-order valence-electron chi connectivity index (χ0n) is 10.3. The summed E-state index contributed by atoms with van der Waals surface area (Å²) < 4.78 is 18.0. The van der Waals surface area contributed by atoms with Gasteiger partial charge in [0.15, 0.2) is 0 Å². The molecule has 1 aromatic rings. The van der Waals surface area contributed by atoms with Crippen molar-refractivity contribution in [2.75, 3.05) is 13.2 Å². The van der Waals surface area contributed by atoms with Gasteiger partial charge in [0.25, 0.3) is 5.91 Å². The van der Waals surface area contributed by atoms with Crippen LogP contribution in [0.25, 0.3) is 0 Å². The van der Waals surface area contributed by atoms with Crippen LogP contribution in [0.4, 0.5) is 4.39 Å². The molecule has 19 heavy (non-hydrogen) atoms. The number of nitrogens with two attached hydrogens (primary N) is 1. The number of halogens is 1. The van der Waals surface area contributed by atoms with E-state index in [1.165, 1.54) is 24.3 Å². The standard InChI is InChI=1S/C13H15FN2O3/c14-10-3-1-9(2-4-10)11(17)16-13(12(15)18)5-7-19-8-6-13/h1-4H,5-8H2,(H2,15,18)(H,16,17). The summed E-state index contributed by atoms with van der Waals surface area (Å²) in [5, 5.41) is 2.65. The van der Waals surface area contributed by atoms with Crippen molar-refractivity contribution in [2.45, 2.75) is 18.4 Å². The fourth-order valence-electron chi connectivity index (χ4n) is 2.04. The number of carbonyl (C=O) groups is 2. The monoisotopic (exact) mass is 266 g/mol. The Morgan fingerprint density at radius 3 is 2.32 bits per heavy atom. The summed E-state index contributed by atoms with van der Waals surface area (Å²) in [6, 6.07) is 5.10. The van der Waals surface area contributed by atoms with E-state index in [1.807, 2.05) is 0 Å². The van der Waals surface area contributed by atoms with Crippen molar-refractivity contribution in [1.82, 2.24) is 5.32 Å². The summed E-state index contributed by atoms with van der Waals surface area (Å²) in [6.45, 7) is 0.735. The first-order chi connectivity index (χ1) is 9.03. The molecular weight excluding hydrogens is 251 g/mol. The van der Waals surface area contributed by atoms with Gasteiger partial charge in [-0.3, -0.25) is 9.59 Å². The molecule has 0 atom stereocenters. The van der Waals surface area contributed by atoms with Crippen LogP contribution in [0.1, 0.15) is 23.2 Å². The second-order valence-corrected chi connectivity index (χ2v) is 4.52. The number of primary amides is 1. The molecule has 0 bridgehead atoms. The molecule has 1 heterocycles. The topological polar surface area (TPSA) is 81.4 Å². The Labute approximate surface area is 109 Å². The van der Waals surface area contributed by atoms with Crippen LogP contribution in [-0.4, -0.2) is 30.6 Å². The fourth-order valence-corrected chi connectivity index (χ4v) is 2.04.